The minimum Gasteiger partial charge on any atom is -0.493 e. The normalized spacial score (nSPS) is 38.0. The van der Waals surface area contributed by atoms with Crippen molar-refractivity contribution >= 4 is 11.6 Å². The molecule has 0 saturated heterocycles. The van der Waals surface area contributed by atoms with Gasteiger partial charge in [-0.05, 0) is 55.6 Å². The highest BCUT2D eigenvalue weighted by atomic mass is 35.5. The van der Waals surface area contributed by atoms with Gasteiger partial charge >= 0.3 is 0 Å². The lowest BCUT2D eigenvalue weighted by molar-refractivity contribution is 0.0560. The second-order valence-electron chi connectivity index (χ2n) is 8.34. The number of allylic oxidation sites excluding steroid dienone is 6. The van der Waals surface area contributed by atoms with E-state index >= 15 is 0 Å². The number of hydrogen-bond donors (Lipinski definition) is 0. The summed E-state index contributed by atoms with van der Waals surface area (Å²) < 4.78 is 40.7. The number of halogens is 3. The van der Waals surface area contributed by atoms with Gasteiger partial charge in [-0.15, -0.1) is 0 Å². The Hall–Kier alpha value is -1.29. The van der Waals surface area contributed by atoms with Crippen LogP contribution in [0.5, 0.6) is 0 Å². The van der Waals surface area contributed by atoms with E-state index in [1.807, 2.05) is 19.1 Å². The van der Waals surface area contributed by atoms with Gasteiger partial charge in [0.2, 0.25) is 0 Å². The van der Waals surface area contributed by atoms with E-state index in [2.05, 4.69) is 6.92 Å². The van der Waals surface area contributed by atoms with Crippen molar-refractivity contribution in [1.82, 2.24) is 0 Å². The van der Waals surface area contributed by atoms with Gasteiger partial charge in [0.05, 0.1) is 18.2 Å². The molecule has 0 aromatic heterocycles. The van der Waals surface area contributed by atoms with Gasteiger partial charge in [-0.1, -0.05) is 37.4 Å². The second kappa shape index (κ2) is 7.62. The van der Waals surface area contributed by atoms with E-state index in [1.54, 1.807) is 6.08 Å². The average molecular weight is 397 g/mol. The van der Waals surface area contributed by atoms with Gasteiger partial charge < -0.3 is 9.47 Å². The Balaban J connectivity index is 1.46. The van der Waals surface area contributed by atoms with Crippen LogP contribution < -0.4 is 0 Å². The zero-order valence-corrected chi connectivity index (χ0v) is 16.6. The average Bonchev–Trinajstić information content (AvgIpc) is 2.64. The molecule has 4 atom stereocenters. The van der Waals surface area contributed by atoms with Gasteiger partial charge in [-0.25, -0.2) is 8.78 Å². The van der Waals surface area contributed by atoms with Crippen molar-refractivity contribution in [2.24, 2.45) is 35.5 Å². The van der Waals surface area contributed by atoms with Gasteiger partial charge in [0, 0.05) is 11.8 Å². The summed E-state index contributed by atoms with van der Waals surface area (Å²) in [5.41, 5.74) is 0. The van der Waals surface area contributed by atoms with Crippen molar-refractivity contribution in [2.45, 2.75) is 39.5 Å². The summed E-state index contributed by atoms with van der Waals surface area (Å²) in [6.45, 7) is 5.10. The fourth-order valence-electron chi connectivity index (χ4n) is 4.97. The Morgan fingerprint density at radius 2 is 1.81 bits per heavy atom. The molecule has 2 nitrogen and oxygen atoms in total. The molecule has 0 radical (unpaired) electrons. The van der Waals surface area contributed by atoms with Crippen molar-refractivity contribution in [3.63, 3.8) is 0 Å². The van der Waals surface area contributed by atoms with Crippen LogP contribution in [0.3, 0.4) is 0 Å². The van der Waals surface area contributed by atoms with Crippen molar-refractivity contribution in [3.05, 3.63) is 46.4 Å². The molecule has 27 heavy (non-hydrogen) atoms. The lowest BCUT2D eigenvalue weighted by atomic mass is 9.53. The molecular weight excluding hydrogens is 370 g/mol. The Kier molecular flexibility index (Phi) is 5.37. The van der Waals surface area contributed by atoms with E-state index in [0.29, 0.717) is 29.9 Å². The van der Waals surface area contributed by atoms with Crippen LogP contribution in [0, 0.1) is 35.5 Å². The zero-order valence-electron chi connectivity index (χ0n) is 15.9. The quantitative estimate of drug-likeness (QED) is 0.534. The third-order valence-electron chi connectivity index (χ3n) is 6.63. The molecule has 4 aliphatic rings. The summed E-state index contributed by atoms with van der Waals surface area (Å²) in [6, 6.07) is 0. The topological polar surface area (TPSA) is 18.5 Å². The first-order valence-corrected chi connectivity index (χ1v) is 10.5. The van der Waals surface area contributed by atoms with E-state index in [1.165, 1.54) is 12.8 Å². The first-order chi connectivity index (χ1) is 13.0. The van der Waals surface area contributed by atoms with E-state index in [4.69, 9.17) is 21.1 Å². The summed E-state index contributed by atoms with van der Waals surface area (Å²) in [4.78, 5) is 0. The fraction of sp³-hybridized carbons (Fsp3) is 0.636. The molecule has 2 saturated carbocycles. The first kappa shape index (κ1) is 19.0. The van der Waals surface area contributed by atoms with Crippen molar-refractivity contribution in [1.29, 1.82) is 0 Å². The number of ether oxygens (including phenoxy) is 2. The minimum atomic E-state index is -0.851. The predicted octanol–water partition coefficient (Wildman–Crippen LogP) is 6.41. The van der Waals surface area contributed by atoms with Crippen LogP contribution in [0.15, 0.2) is 46.4 Å². The Morgan fingerprint density at radius 3 is 2.52 bits per heavy atom. The maximum Gasteiger partial charge on any atom is 0.196 e. The second-order valence-corrected chi connectivity index (χ2v) is 8.75. The Labute approximate surface area is 164 Å². The third-order valence-corrected chi connectivity index (χ3v) is 7.07. The fourth-order valence-corrected chi connectivity index (χ4v) is 5.37. The lowest BCUT2D eigenvalue weighted by Crippen LogP contribution is -2.48. The molecule has 0 bridgehead atoms. The Bertz CT molecular complexity index is 716. The summed E-state index contributed by atoms with van der Waals surface area (Å²) in [5, 5.41) is 0.502. The summed E-state index contributed by atoms with van der Waals surface area (Å²) in [7, 11) is 0. The molecule has 0 heterocycles. The van der Waals surface area contributed by atoms with Crippen LogP contribution in [0.1, 0.15) is 39.5 Å². The van der Waals surface area contributed by atoms with E-state index < -0.39 is 17.6 Å². The molecule has 0 amide bonds. The summed E-state index contributed by atoms with van der Waals surface area (Å²) in [5.74, 6) is -0.559. The van der Waals surface area contributed by atoms with Crippen LogP contribution in [-0.2, 0) is 9.47 Å². The zero-order chi connectivity index (χ0) is 19.1. The molecular formula is C22H27ClF2O2. The van der Waals surface area contributed by atoms with Crippen molar-refractivity contribution in [2.75, 3.05) is 13.2 Å². The highest BCUT2D eigenvalue weighted by Gasteiger charge is 2.56. The van der Waals surface area contributed by atoms with Gasteiger partial charge in [0.1, 0.15) is 11.6 Å². The van der Waals surface area contributed by atoms with Crippen LogP contribution in [-0.4, -0.2) is 13.2 Å². The SMILES string of the molecule is CCOC1=C(Cl)C2C(C=C1)C1C=C(OCC3CCC(C)CC3)C(F)=C(F)C12. The molecule has 0 aliphatic heterocycles. The van der Waals surface area contributed by atoms with Crippen molar-refractivity contribution in [3.8, 4) is 0 Å². The summed E-state index contributed by atoms with van der Waals surface area (Å²) >= 11 is 6.44. The highest BCUT2D eigenvalue weighted by molar-refractivity contribution is 6.30. The van der Waals surface area contributed by atoms with E-state index in [9.17, 15) is 8.78 Å². The highest BCUT2D eigenvalue weighted by Crippen LogP contribution is 2.60. The monoisotopic (exact) mass is 396 g/mol. The van der Waals surface area contributed by atoms with E-state index in [-0.39, 0.29) is 23.5 Å². The number of fused-ring (bicyclic) bond motifs is 4. The molecule has 4 aliphatic carbocycles. The predicted molar refractivity (Wildman–Crippen MR) is 102 cm³/mol. The van der Waals surface area contributed by atoms with Crippen LogP contribution >= 0.6 is 11.6 Å². The Morgan fingerprint density at radius 1 is 1.07 bits per heavy atom. The van der Waals surface area contributed by atoms with Gasteiger partial charge in [0.25, 0.3) is 0 Å². The van der Waals surface area contributed by atoms with Crippen molar-refractivity contribution < 1.29 is 18.3 Å². The van der Waals surface area contributed by atoms with Crippen LogP contribution in [0.25, 0.3) is 0 Å². The lowest BCUT2D eigenvalue weighted by Gasteiger charge is -2.52. The molecule has 0 aromatic carbocycles. The molecule has 0 spiro atoms. The minimum absolute atomic E-state index is 0.0692. The molecule has 2 fully saturated rings. The molecule has 148 valence electrons. The van der Waals surface area contributed by atoms with Gasteiger partial charge in [0.15, 0.2) is 11.6 Å². The first-order valence-electron chi connectivity index (χ1n) is 10.1. The van der Waals surface area contributed by atoms with Crippen LogP contribution in [0.2, 0.25) is 0 Å². The molecule has 4 rings (SSSR count). The maximum absolute atomic E-state index is 14.8. The summed E-state index contributed by atoms with van der Waals surface area (Å²) in [6.07, 6.45) is 10.2. The number of rotatable bonds is 5. The molecule has 4 unspecified atom stereocenters. The molecule has 0 N–H and O–H groups in total. The largest absolute Gasteiger partial charge is 0.493 e. The molecule has 5 heteroatoms. The van der Waals surface area contributed by atoms with Crippen LogP contribution in [0.4, 0.5) is 8.78 Å². The smallest absolute Gasteiger partial charge is 0.196 e. The van der Waals surface area contributed by atoms with E-state index in [0.717, 1.165) is 18.8 Å². The number of hydrogen-bond acceptors (Lipinski definition) is 2. The third kappa shape index (κ3) is 3.35. The van der Waals surface area contributed by atoms with Gasteiger partial charge in [-0.3, -0.25) is 0 Å². The maximum atomic E-state index is 14.8. The van der Waals surface area contributed by atoms with Gasteiger partial charge in [-0.2, -0.15) is 0 Å². The molecule has 0 aromatic rings. The standard InChI is InChI=1S/C22H27ClF2O2/c1-3-26-16-9-8-14-15-10-17(27-11-13-6-4-12(2)5-7-13)21(24)22(25)19(15)18(14)20(16)23/h8-10,12-15,18-19H,3-7,11H2,1-2H3.